The summed E-state index contributed by atoms with van der Waals surface area (Å²) in [6.07, 6.45) is 0.472. The Bertz CT molecular complexity index is 1100. The molecule has 3 aromatic rings. The third kappa shape index (κ3) is 3.64. The number of aryl methyl sites for hydroxylation is 1. The summed E-state index contributed by atoms with van der Waals surface area (Å²) in [5.74, 6) is 0.514. The van der Waals surface area contributed by atoms with E-state index in [4.69, 9.17) is 11.6 Å². The van der Waals surface area contributed by atoms with Crippen molar-refractivity contribution in [2.75, 3.05) is 11.9 Å². The van der Waals surface area contributed by atoms with E-state index >= 15 is 0 Å². The molecule has 2 aromatic carbocycles. The molecule has 7 heteroatoms. The number of fused-ring (bicyclic) bond motifs is 1. The average molecular weight is 395 g/mol. The lowest BCUT2D eigenvalue weighted by atomic mass is 10.1. The van der Waals surface area contributed by atoms with Gasteiger partial charge in [0, 0.05) is 28.4 Å². The summed E-state index contributed by atoms with van der Waals surface area (Å²) >= 11 is 5.97. The van der Waals surface area contributed by atoms with Gasteiger partial charge >= 0.3 is 6.03 Å². The van der Waals surface area contributed by atoms with E-state index in [0.29, 0.717) is 40.8 Å². The molecule has 1 aliphatic rings. The molecule has 0 radical (unpaired) electrons. The number of anilines is 1. The standard InChI is InChI=1S/C21H19ClN4O2/c1-13-11-15(22)7-8-17(13)24-21(28)26-10-9-16-18(12-26)23-19(25-20(16)27)14-5-3-2-4-6-14/h2-8,11H,9-10,12H2,1H3,(H,24,28)(H,23,25,27). The van der Waals surface area contributed by atoms with Crippen LogP contribution < -0.4 is 10.9 Å². The molecule has 0 atom stereocenters. The minimum absolute atomic E-state index is 0.141. The van der Waals surface area contributed by atoms with E-state index in [1.807, 2.05) is 37.3 Å². The number of urea groups is 1. The Kier molecular flexibility index (Phi) is 4.88. The topological polar surface area (TPSA) is 78.1 Å². The van der Waals surface area contributed by atoms with Gasteiger partial charge in [-0.3, -0.25) is 4.79 Å². The number of nitrogens with zero attached hydrogens (tertiary/aromatic N) is 2. The molecule has 0 unspecified atom stereocenters. The Morgan fingerprint density at radius 3 is 2.75 bits per heavy atom. The summed E-state index contributed by atoms with van der Waals surface area (Å²) in [7, 11) is 0. The number of carbonyl (C=O) groups excluding carboxylic acids is 1. The molecule has 0 saturated carbocycles. The molecule has 6 nitrogen and oxygen atoms in total. The molecule has 142 valence electrons. The van der Waals surface area contributed by atoms with Crippen LogP contribution in [0.4, 0.5) is 10.5 Å². The lowest BCUT2D eigenvalue weighted by molar-refractivity contribution is 0.205. The first-order valence-corrected chi connectivity index (χ1v) is 9.38. The zero-order chi connectivity index (χ0) is 19.7. The van der Waals surface area contributed by atoms with Crippen molar-refractivity contribution in [2.45, 2.75) is 19.9 Å². The highest BCUT2D eigenvalue weighted by molar-refractivity contribution is 6.30. The molecule has 2 heterocycles. The summed E-state index contributed by atoms with van der Waals surface area (Å²) in [6.45, 7) is 2.64. The van der Waals surface area contributed by atoms with Crippen molar-refractivity contribution in [1.82, 2.24) is 14.9 Å². The highest BCUT2D eigenvalue weighted by Crippen LogP contribution is 2.22. The number of nitrogens with one attached hydrogen (secondary N) is 2. The summed E-state index contributed by atoms with van der Waals surface area (Å²) in [6, 6.07) is 14.6. The second-order valence-electron chi connectivity index (χ2n) is 6.77. The summed E-state index contributed by atoms with van der Waals surface area (Å²) in [4.78, 5) is 34.3. The number of aromatic nitrogens is 2. The molecule has 2 amide bonds. The second-order valence-corrected chi connectivity index (χ2v) is 7.20. The number of benzene rings is 2. The number of aromatic amines is 1. The van der Waals surface area contributed by atoms with E-state index in [9.17, 15) is 9.59 Å². The Labute approximate surface area is 167 Å². The van der Waals surface area contributed by atoms with Crippen LogP contribution in [0.5, 0.6) is 0 Å². The van der Waals surface area contributed by atoms with Crippen LogP contribution in [0.3, 0.4) is 0 Å². The Balaban J connectivity index is 1.57. The van der Waals surface area contributed by atoms with Crippen molar-refractivity contribution >= 4 is 23.3 Å². The molecule has 1 aromatic heterocycles. The number of rotatable bonds is 2. The molecule has 0 fully saturated rings. The van der Waals surface area contributed by atoms with Gasteiger partial charge in [-0.2, -0.15) is 0 Å². The highest BCUT2D eigenvalue weighted by Gasteiger charge is 2.25. The molecule has 1 aliphatic heterocycles. The van der Waals surface area contributed by atoms with Crippen LogP contribution in [-0.4, -0.2) is 27.4 Å². The Morgan fingerprint density at radius 1 is 1.21 bits per heavy atom. The second kappa shape index (κ2) is 7.48. The van der Waals surface area contributed by atoms with Crippen LogP contribution in [0.25, 0.3) is 11.4 Å². The molecular formula is C21H19ClN4O2. The summed E-state index contributed by atoms with van der Waals surface area (Å²) in [5.41, 5.74) is 3.57. The van der Waals surface area contributed by atoms with Gasteiger partial charge in [0.05, 0.1) is 12.2 Å². The van der Waals surface area contributed by atoms with Gasteiger partial charge in [-0.25, -0.2) is 9.78 Å². The zero-order valence-electron chi connectivity index (χ0n) is 15.3. The van der Waals surface area contributed by atoms with Crippen LogP contribution in [-0.2, 0) is 13.0 Å². The number of halogens is 1. The van der Waals surface area contributed by atoms with Crippen molar-refractivity contribution in [1.29, 1.82) is 0 Å². The zero-order valence-corrected chi connectivity index (χ0v) is 16.1. The smallest absolute Gasteiger partial charge is 0.318 e. The average Bonchev–Trinajstić information content (AvgIpc) is 2.70. The fraction of sp³-hybridized carbons (Fsp3) is 0.190. The van der Waals surface area contributed by atoms with E-state index in [-0.39, 0.29) is 18.1 Å². The Hall–Kier alpha value is -3.12. The molecule has 0 spiro atoms. The van der Waals surface area contributed by atoms with Crippen molar-refractivity contribution in [3.63, 3.8) is 0 Å². The number of amides is 2. The van der Waals surface area contributed by atoms with Gasteiger partial charge in [0.15, 0.2) is 0 Å². The molecule has 4 rings (SSSR count). The summed E-state index contributed by atoms with van der Waals surface area (Å²) in [5, 5.41) is 3.54. The maximum Gasteiger partial charge on any atom is 0.322 e. The predicted molar refractivity (Wildman–Crippen MR) is 110 cm³/mol. The molecule has 28 heavy (non-hydrogen) atoms. The quantitative estimate of drug-likeness (QED) is 0.689. The van der Waals surface area contributed by atoms with Crippen molar-refractivity contribution in [3.05, 3.63) is 80.7 Å². The van der Waals surface area contributed by atoms with E-state index in [0.717, 1.165) is 11.1 Å². The SMILES string of the molecule is Cc1cc(Cl)ccc1NC(=O)N1CCc2c(nc(-c3ccccc3)[nH]c2=O)C1. The fourth-order valence-electron chi connectivity index (χ4n) is 3.31. The van der Waals surface area contributed by atoms with Crippen molar-refractivity contribution in [2.24, 2.45) is 0 Å². The maximum atomic E-state index is 12.7. The van der Waals surface area contributed by atoms with Crippen LogP contribution >= 0.6 is 11.6 Å². The largest absolute Gasteiger partial charge is 0.322 e. The third-order valence-electron chi connectivity index (χ3n) is 4.84. The van der Waals surface area contributed by atoms with E-state index < -0.39 is 0 Å². The van der Waals surface area contributed by atoms with Gasteiger partial charge in [-0.15, -0.1) is 0 Å². The van der Waals surface area contributed by atoms with Gasteiger partial charge < -0.3 is 15.2 Å². The van der Waals surface area contributed by atoms with Gasteiger partial charge in [0.2, 0.25) is 0 Å². The Morgan fingerprint density at radius 2 is 2.00 bits per heavy atom. The van der Waals surface area contributed by atoms with Crippen LogP contribution in [0.2, 0.25) is 5.02 Å². The first-order valence-electron chi connectivity index (χ1n) is 9.01. The van der Waals surface area contributed by atoms with Crippen molar-refractivity contribution < 1.29 is 4.79 Å². The van der Waals surface area contributed by atoms with E-state index in [1.54, 1.807) is 23.1 Å². The minimum Gasteiger partial charge on any atom is -0.318 e. The first-order chi connectivity index (χ1) is 13.5. The lowest BCUT2D eigenvalue weighted by Crippen LogP contribution is -2.41. The third-order valence-corrected chi connectivity index (χ3v) is 5.07. The maximum absolute atomic E-state index is 12.7. The number of H-pyrrole nitrogens is 1. The van der Waals surface area contributed by atoms with Crippen LogP contribution in [0.15, 0.2) is 53.3 Å². The van der Waals surface area contributed by atoms with E-state index in [2.05, 4.69) is 15.3 Å². The monoisotopic (exact) mass is 394 g/mol. The van der Waals surface area contributed by atoms with E-state index in [1.165, 1.54) is 0 Å². The number of hydrogen-bond acceptors (Lipinski definition) is 3. The van der Waals surface area contributed by atoms with Gasteiger partial charge in [0.25, 0.3) is 5.56 Å². The van der Waals surface area contributed by atoms with Crippen molar-refractivity contribution in [3.8, 4) is 11.4 Å². The van der Waals surface area contributed by atoms with Gasteiger partial charge in [-0.05, 0) is 37.1 Å². The first kappa shape index (κ1) is 18.3. The minimum atomic E-state index is -0.223. The number of carbonyl (C=O) groups is 1. The molecule has 2 N–H and O–H groups in total. The fourth-order valence-corrected chi connectivity index (χ4v) is 3.53. The molecule has 0 aliphatic carbocycles. The highest BCUT2D eigenvalue weighted by atomic mass is 35.5. The van der Waals surface area contributed by atoms with Crippen LogP contribution in [0, 0.1) is 6.92 Å². The molecular weight excluding hydrogens is 376 g/mol. The molecule has 0 saturated heterocycles. The van der Waals surface area contributed by atoms with Gasteiger partial charge in [0.1, 0.15) is 5.82 Å². The summed E-state index contributed by atoms with van der Waals surface area (Å²) < 4.78 is 0. The lowest BCUT2D eigenvalue weighted by Gasteiger charge is -2.28. The molecule has 0 bridgehead atoms. The number of hydrogen-bond donors (Lipinski definition) is 2. The predicted octanol–water partition coefficient (Wildman–Crippen LogP) is 3.99. The normalized spacial score (nSPS) is 13.1. The van der Waals surface area contributed by atoms with Crippen LogP contribution in [0.1, 0.15) is 16.8 Å². The van der Waals surface area contributed by atoms with Gasteiger partial charge in [-0.1, -0.05) is 41.9 Å².